The van der Waals surface area contributed by atoms with Crippen molar-refractivity contribution in [3.63, 3.8) is 0 Å². The van der Waals surface area contributed by atoms with Gasteiger partial charge in [0.15, 0.2) is 5.78 Å². The van der Waals surface area contributed by atoms with Crippen LogP contribution in [0.2, 0.25) is 0 Å². The molecule has 1 heterocycles. The van der Waals surface area contributed by atoms with Crippen molar-refractivity contribution in [2.75, 3.05) is 5.75 Å². The highest BCUT2D eigenvalue weighted by Gasteiger charge is 2.16. The number of pyridine rings is 1. The maximum absolute atomic E-state index is 11.5. The zero-order valence-electron chi connectivity index (χ0n) is 7.10. The number of rotatable bonds is 3. The molecule has 0 unspecified atom stereocenters. The van der Waals surface area contributed by atoms with Crippen molar-refractivity contribution in [1.82, 2.24) is 4.98 Å². The minimum Gasteiger partial charge on any atom is -0.320 e. The molecule has 0 saturated heterocycles. The first-order chi connectivity index (χ1) is 6.16. The Hall–Kier alpha value is -0.870. The molecular formula is C9H11N2OS. The molecule has 0 fully saturated rings. The largest absolute Gasteiger partial charge is 0.320 e. The number of hydrogen-bond acceptors (Lipinski definition) is 4. The summed E-state index contributed by atoms with van der Waals surface area (Å²) in [5.74, 6) is 0.107. The lowest BCUT2D eigenvalue weighted by Crippen LogP contribution is -2.33. The Morgan fingerprint density at radius 3 is 3.00 bits per heavy atom. The number of thiol groups is 1. The molecule has 0 aliphatic heterocycles. The molecule has 0 aliphatic rings. The first-order valence-corrected chi connectivity index (χ1v) is 4.47. The molecule has 0 spiro atoms. The van der Waals surface area contributed by atoms with Crippen LogP contribution in [0.1, 0.15) is 16.1 Å². The van der Waals surface area contributed by atoms with Gasteiger partial charge >= 0.3 is 0 Å². The molecule has 13 heavy (non-hydrogen) atoms. The van der Waals surface area contributed by atoms with Crippen molar-refractivity contribution in [2.45, 2.75) is 6.04 Å². The molecule has 4 heteroatoms. The van der Waals surface area contributed by atoms with Crippen molar-refractivity contribution in [3.8, 4) is 0 Å². The highest BCUT2D eigenvalue weighted by molar-refractivity contribution is 7.80. The predicted octanol–water partition coefficient (Wildman–Crippen LogP) is 0.704. The van der Waals surface area contributed by atoms with Gasteiger partial charge < -0.3 is 5.73 Å². The van der Waals surface area contributed by atoms with Gasteiger partial charge in [0.25, 0.3) is 0 Å². The van der Waals surface area contributed by atoms with Crippen molar-refractivity contribution in [1.29, 1.82) is 0 Å². The first-order valence-electron chi connectivity index (χ1n) is 3.84. The number of Topliss-reactive ketones (excluding diaryl/α,β-unsaturated/α-hetero) is 1. The number of nitrogens with zero attached hydrogens (tertiary/aromatic N) is 1. The van der Waals surface area contributed by atoms with Crippen LogP contribution in [-0.2, 0) is 0 Å². The molecule has 1 radical (unpaired) electrons. The zero-order valence-corrected chi connectivity index (χ0v) is 8.00. The van der Waals surface area contributed by atoms with E-state index < -0.39 is 6.04 Å². The van der Waals surface area contributed by atoms with E-state index in [1.165, 1.54) is 0 Å². The summed E-state index contributed by atoms with van der Waals surface area (Å²) in [6.45, 7) is 3.69. The van der Waals surface area contributed by atoms with Crippen LogP contribution in [-0.4, -0.2) is 22.6 Å². The quantitative estimate of drug-likeness (QED) is 0.551. The van der Waals surface area contributed by atoms with Gasteiger partial charge in [-0.25, -0.2) is 0 Å². The SMILES string of the molecule is [CH2]c1cccnc1C(=O)[C@@H](N)CS. The summed E-state index contributed by atoms with van der Waals surface area (Å²) in [5.41, 5.74) is 6.46. The Kier molecular flexibility index (Phi) is 3.45. The van der Waals surface area contributed by atoms with Gasteiger partial charge in [0, 0.05) is 11.9 Å². The summed E-state index contributed by atoms with van der Waals surface area (Å²) < 4.78 is 0. The lowest BCUT2D eigenvalue weighted by atomic mass is 10.1. The summed E-state index contributed by atoms with van der Waals surface area (Å²) in [5, 5.41) is 0. The number of hydrogen-bond donors (Lipinski definition) is 2. The number of aromatic nitrogens is 1. The third-order valence-corrected chi connectivity index (χ3v) is 2.05. The highest BCUT2D eigenvalue weighted by atomic mass is 32.1. The molecule has 69 valence electrons. The van der Waals surface area contributed by atoms with Crippen LogP contribution < -0.4 is 5.73 Å². The molecule has 0 aliphatic carbocycles. The van der Waals surface area contributed by atoms with Crippen LogP contribution >= 0.6 is 12.6 Å². The minimum atomic E-state index is -0.598. The molecule has 1 aromatic heterocycles. The van der Waals surface area contributed by atoms with Gasteiger partial charge in [0.1, 0.15) is 5.69 Å². The highest BCUT2D eigenvalue weighted by Crippen LogP contribution is 2.06. The maximum Gasteiger partial charge on any atom is 0.198 e. The van der Waals surface area contributed by atoms with Gasteiger partial charge in [-0.15, -0.1) is 0 Å². The van der Waals surface area contributed by atoms with E-state index in [0.717, 1.165) is 0 Å². The van der Waals surface area contributed by atoms with Gasteiger partial charge in [-0.2, -0.15) is 12.6 Å². The fourth-order valence-corrected chi connectivity index (χ4v) is 1.08. The van der Waals surface area contributed by atoms with Crippen molar-refractivity contribution in [2.24, 2.45) is 5.73 Å². The normalized spacial score (nSPS) is 12.5. The predicted molar refractivity (Wildman–Crippen MR) is 54.9 cm³/mol. The van der Waals surface area contributed by atoms with Crippen LogP contribution in [0.25, 0.3) is 0 Å². The monoisotopic (exact) mass is 195 g/mol. The van der Waals surface area contributed by atoms with Crippen LogP contribution in [0.15, 0.2) is 18.3 Å². The van der Waals surface area contributed by atoms with E-state index in [-0.39, 0.29) is 5.78 Å². The summed E-state index contributed by atoms with van der Waals surface area (Å²) in [6.07, 6.45) is 1.55. The van der Waals surface area contributed by atoms with E-state index >= 15 is 0 Å². The van der Waals surface area contributed by atoms with Crippen LogP contribution in [0.4, 0.5) is 0 Å². The van der Waals surface area contributed by atoms with E-state index in [0.29, 0.717) is 17.0 Å². The molecule has 1 aromatic rings. The minimum absolute atomic E-state index is 0.208. The Morgan fingerprint density at radius 2 is 2.46 bits per heavy atom. The number of carbonyl (C=O) groups is 1. The molecule has 0 aromatic carbocycles. The topological polar surface area (TPSA) is 56.0 Å². The van der Waals surface area contributed by atoms with Crippen molar-refractivity contribution < 1.29 is 4.79 Å². The maximum atomic E-state index is 11.5. The summed E-state index contributed by atoms with van der Waals surface area (Å²) >= 11 is 3.95. The Balaban J connectivity index is 2.95. The number of nitrogens with two attached hydrogens (primary N) is 1. The molecule has 0 bridgehead atoms. The van der Waals surface area contributed by atoms with Crippen LogP contribution in [0.5, 0.6) is 0 Å². The van der Waals surface area contributed by atoms with E-state index in [9.17, 15) is 4.79 Å². The van der Waals surface area contributed by atoms with Gasteiger partial charge in [-0.3, -0.25) is 9.78 Å². The lowest BCUT2D eigenvalue weighted by molar-refractivity contribution is 0.0964. The first kappa shape index (κ1) is 10.2. The van der Waals surface area contributed by atoms with Gasteiger partial charge in [0.2, 0.25) is 0 Å². The summed E-state index contributed by atoms with van der Waals surface area (Å²) in [6, 6.07) is 2.86. The Labute approximate surface area is 82.8 Å². The Bertz CT molecular complexity index is 314. The van der Waals surface area contributed by atoms with E-state index in [2.05, 4.69) is 24.5 Å². The standard InChI is InChI=1S/C9H11N2OS/c1-6-3-2-4-11-8(6)9(12)7(10)5-13/h2-4,7,13H,1,5,10H2/t7-/m0/s1. The smallest absolute Gasteiger partial charge is 0.198 e. The fourth-order valence-electron chi connectivity index (χ4n) is 0.919. The third-order valence-electron chi connectivity index (χ3n) is 1.66. The van der Waals surface area contributed by atoms with Gasteiger partial charge in [-0.1, -0.05) is 6.07 Å². The van der Waals surface area contributed by atoms with Gasteiger partial charge in [-0.05, 0) is 18.6 Å². The van der Waals surface area contributed by atoms with Crippen LogP contribution in [0.3, 0.4) is 0 Å². The van der Waals surface area contributed by atoms with E-state index in [4.69, 9.17) is 5.73 Å². The van der Waals surface area contributed by atoms with Gasteiger partial charge in [0.05, 0.1) is 6.04 Å². The average molecular weight is 195 g/mol. The molecule has 1 rings (SSSR count). The number of ketones is 1. The van der Waals surface area contributed by atoms with Crippen molar-refractivity contribution in [3.05, 3.63) is 36.5 Å². The average Bonchev–Trinajstić information content (AvgIpc) is 2.16. The van der Waals surface area contributed by atoms with Crippen LogP contribution in [0, 0.1) is 6.92 Å². The Morgan fingerprint density at radius 1 is 1.77 bits per heavy atom. The second-order valence-electron chi connectivity index (χ2n) is 2.66. The molecule has 3 nitrogen and oxygen atoms in total. The molecule has 2 N–H and O–H groups in total. The lowest BCUT2D eigenvalue weighted by Gasteiger charge is -2.07. The molecule has 0 saturated carbocycles. The second kappa shape index (κ2) is 4.39. The summed E-state index contributed by atoms with van der Waals surface area (Å²) in [7, 11) is 0. The molecular weight excluding hydrogens is 184 g/mol. The molecule has 1 atom stereocenters. The fraction of sp³-hybridized carbons (Fsp3) is 0.222. The molecule has 0 amide bonds. The summed E-state index contributed by atoms with van der Waals surface area (Å²) in [4.78, 5) is 15.4. The third kappa shape index (κ3) is 2.29. The van der Waals surface area contributed by atoms with E-state index in [1.807, 2.05) is 0 Å². The second-order valence-corrected chi connectivity index (χ2v) is 3.03. The zero-order chi connectivity index (χ0) is 9.84. The number of carbonyl (C=O) groups excluding carboxylic acids is 1. The van der Waals surface area contributed by atoms with Crippen molar-refractivity contribution >= 4 is 18.4 Å². The van der Waals surface area contributed by atoms with E-state index in [1.54, 1.807) is 18.3 Å².